The highest BCUT2D eigenvalue weighted by molar-refractivity contribution is 5.86. The van der Waals surface area contributed by atoms with Gasteiger partial charge in [0.15, 0.2) is 0 Å². The van der Waals surface area contributed by atoms with Gasteiger partial charge in [-0.3, -0.25) is 9.59 Å². The molecule has 154 valence electrons. The van der Waals surface area contributed by atoms with Gasteiger partial charge in [-0.25, -0.2) is 4.79 Å². The fourth-order valence-corrected chi connectivity index (χ4v) is 2.24. The third-order valence-corrected chi connectivity index (χ3v) is 3.65. The van der Waals surface area contributed by atoms with Crippen LogP contribution in [0.1, 0.15) is 77.6 Å². The summed E-state index contributed by atoms with van der Waals surface area (Å²) in [5.41, 5.74) is 4.78. The lowest BCUT2D eigenvalue weighted by atomic mass is 10.1. The van der Waals surface area contributed by atoms with Crippen molar-refractivity contribution in [2.75, 3.05) is 13.2 Å². The van der Waals surface area contributed by atoms with Crippen molar-refractivity contribution in [3.63, 3.8) is 0 Å². The van der Waals surface area contributed by atoms with Crippen LogP contribution in [0.2, 0.25) is 0 Å². The van der Waals surface area contributed by atoms with Gasteiger partial charge in [0.2, 0.25) is 5.91 Å². The number of carbonyl (C=O) groups excluding carboxylic acids is 1. The fourth-order valence-electron chi connectivity index (χ4n) is 2.24. The van der Waals surface area contributed by atoms with E-state index < -0.39 is 30.3 Å². The molecule has 0 aromatic heterocycles. The summed E-state index contributed by atoms with van der Waals surface area (Å²) in [5.74, 6) is -2.95. The zero-order valence-electron chi connectivity index (χ0n) is 15.9. The van der Waals surface area contributed by atoms with E-state index in [9.17, 15) is 14.4 Å². The van der Waals surface area contributed by atoms with Gasteiger partial charge >= 0.3 is 11.9 Å². The smallest absolute Gasteiger partial charge is 0.326 e. The molecule has 0 aromatic carbocycles. The van der Waals surface area contributed by atoms with E-state index in [4.69, 9.17) is 21.1 Å². The number of nitrogens with two attached hydrogens (primary N) is 1. The Morgan fingerprint density at radius 2 is 1.38 bits per heavy atom. The van der Waals surface area contributed by atoms with Crippen LogP contribution in [0.25, 0.3) is 0 Å². The Bertz CT molecular complexity index is 375. The van der Waals surface area contributed by atoms with Crippen LogP contribution in [-0.4, -0.2) is 52.4 Å². The zero-order valence-corrected chi connectivity index (χ0v) is 15.9. The van der Waals surface area contributed by atoms with Gasteiger partial charge in [-0.05, 0) is 6.42 Å². The number of carboxylic acid groups (broad SMARTS) is 2. The Hall–Kier alpha value is -1.67. The molecule has 0 saturated heterocycles. The standard InChI is InChI=1S/C16H29NO5.C2H7NO/c1-2-3-4-5-6-7-8-9-10-11-14(18)17-13(16(21)22)12-15(19)20;3-1-2-4/h13H,2-12H2,1H3,(H,17,18)(H,19,20)(H,21,22);4H,1-3H2. The van der Waals surface area contributed by atoms with Crippen LogP contribution in [0, 0.1) is 0 Å². The summed E-state index contributed by atoms with van der Waals surface area (Å²) in [6.07, 6.45) is 9.87. The van der Waals surface area contributed by atoms with Crippen LogP contribution in [0.15, 0.2) is 0 Å². The van der Waals surface area contributed by atoms with E-state index in [1.54, 1.807) is 0 Å². The van der Waals surface area contributed by atoms with Crippen molar-refractivity contribution in [2.24, 2.45) is 5.73 Å². The molecule has 0 bridgehead atoms. The number of rotatable bonds is 15. The van der Waals surface area contributed by atoms with Gasteiger partial charge < -0.3 is 26.4 Å². The first-order valence-electron chi connectivity index (χ1n) is 9.43. The number of hydrogen-bond donors (Lipinski definition) is 5. The van der Waals surface area contributed by atoms with Crippen molar-refractivity contribution >= 4 is 17.8 Å². The molecule has 1 atom stereocenters. The van der Waals surface area contributed by atoms with E-state index in [0.29, 0.717) is 13.0 Å². The van der Waals surface area contributed by atoms with Crippen molar-refractivity contribution in [3.8, 4) is 0 Å². The topological polar surface area (TPSA) is 150 Å². The molecule has 0 aliphatic heterocycles. The average Bonchev–Trinajstić information content (AvgIpc) is 2.59. The number of aliphatic hydroxyl groups excluding tert-OH is 1. The minimum absolute atomic E-state index is 0.0972. The number of unbranched alkanes of at least 4 members (excludes halogenated alkanes) is 8. The molecule has 8 heteroatoms. The van der Waals surface area contributed by atoms with E-state index in [-0.39, 0.29) is 13.0 Å². The number of carboxylic acids is 2. The van der Waals surface area contributed by atoms with E-state index in [2.05, 4.69) is 12.2 Å². The first kappa shape index (κ1) is 26.6. The lowest BCUT2D eigenvalue weighted by Crippen LogP contribution is -2.42. The van der Waals surface area contributed by atoms with E-state index in [1.807, 2.05) is 0 Å². The first-order valence-corrected chi connectivity index (χ1v) is 9.43. The van der Waals surface area contributed by atoms with Crippen LogP contribution >= 0.6 is 0 Å². The molecule has 1 amide bonds. The first-order chi connectivity index (χ1) is 12.4. The number of carbonyl (C=O) groups is 3. The molecule has 8 nitrogen and oxygen atoms in total. The Balaban J connectivity index is 0. The Kier molecular flexibility index (Phi) is 20.1. The van der Waals surface area contributed by atoms with Gasteiger partial charge in [-0.1, -0.05) is 58.3 Å². The molecular formula is C18H36N2O6. The molecule has 0 fully saturated rings. The number of nitrogens with one attached hydrogen (secondary N) is 1. The quantitative estimate of drug-likeness (QED) is 0.274. The molecule has 1 unspecified atom stereocenters. The third-order valence-electron chi connectivity index (χ3n) is 3.65. The molecule has 0 aliphatic rings. The summed E-state index contributed by atoms with van der Waals surface area (Å²) < 4.78 is 0. The molecule has 0 aromatic rings. The predicted molar refractivity (Wildman–Crippen MR) is 99.8 cm³/mol. The molecule has 26 heavy (non-hydrogen) atoms. The molecule has 6 N–H and O–H groups in total. The van der Waals surface area contributed by atoms with Gasteiger partial charge in [0.05, 0.1) is 13.0 Å². The molecule has 0 aliphatic carbocycles. The summed E-state index contributed by atoms with van der Waals surface area (Å²) in [4.78, 5) is 32.9. The largest absolute Gasteiger partial charge is 0.481 e. The third kappa shape index (κ3) is 20.4. The fraction of sp³-hybridized carbons (Fsp3) is 0.833. The predicted octanol–water partition coefficient (Wildman–Crippen LogP) is 1.89. The SMILES string of the molecule is CCCCCCCCCCCC(=O)NC(CC(=O)O)C(=O)O.NCCO. The lowest BCUT2D eigenvalue weighted by Gasteiger charge is -2.12. The van der Waals surface area contributed by atoms with Gasteiger partial charge in [-0.15, -0.1) is 0 Å². The van der Waals surface area contributed by atoms with Gasteiger partial charge in [0, 0.05) is 13.0 Å². The second-order valence-corrected chi connectivity index (χ2v) is 6.15. The normalized spacial score (nSPS) is 11.2. The highest BCUT2D eigenvalue weighted by atomic mass is 16.4. The average molecular weight is 376 g/mol. The van der Waals surface area contributed by atoms with Gasteiger partial charge in [0.1, 0.15) is 6.04 Å². The van der Waals surface area contributed by atoms with E-state index in [0.717, 1.165) is 12.8 Å². The second kappa shape index (κ2) is 19.7. The van der Waals surface area contributed by atoms with Crippen molar-refractivity contribution < 1.29 is 29.7 Å². The monoisotopic (exact) mass is 376 g/mol. The minimum atomic E-state index is -1.34. The summed E-state index contributed by atoms with van der Waals surface area (Å²) in [7, 11) is 0. The van der Waals surface area contributed by atoms with Gasteiger partial charge in [-0.2, -0.15) is 0 Å². The summed E-state index contributed by atoms with van der Waals surface area (Å²) in [6, 6.07) is -1.34. The highest BCUT2D eigenvalue weighted by Gasteiger charge is 2.22. The minimum Gasteiger partial charge on any atom is -0.481 e. The van der Waals surface area contributed by atoms with Crippen molar-refractivity contribution in [1.82, 2.24) is 5.32 Å². The van der Waals surface area contributed by atoms with Crippen molar-refractivity contribution in [1.29, 1.82) is 0 Å². The molecule has 0 rings (SSSR count). The molecule has 0 heterocycles. The van der Waals surface area contributed by atoms with Crippen LogP contribution in [0.3, 0.4) is 0 Å². The molecule has 0 saturated carbocycles. The van der Waals surface area contributed by atoms with E-state index in [1.165, 1.54) is 38.5 Å². The van der Waals surface area contributed by atoms with Crippen molar-refractivity contribution in [2.45, 2.75) is 83.6 Å². The number of aliphatic carboxylic acids is 2. The maximum absolute atomic E-state index is 11.6. The summed E-state index contributed by atoms with van der Waals surface area (Å²) >= 11 is 0. The molecule has 0 radical (unpaired) electrons. The van der Waals surface area contributed by atoms with Crippen LogP contribution in [-0.2, 0) is 14.4 Å². The molecular weight excluding hydrogens is 340 g/mol. The Morgan fingerprint density at radius 1 is 0.923 bits per heavy atom. The highest BCUT2D eigenvalue weighted by Crippen LogP contribution is 2.10. The van der Waals surface area contributed by atoms with Gasteiger partial charge in [0.25, 0.3) is 0 Å². The van der Waals surface area contributed by atoms with Crippen molar-refractivity contribution in [3.05, 3.63) is 0 Å². The number of aliphatic hydroxyl groups is 1. The lowest BCUT2D eigenvalue weighted by molar-refractivity contribution is -0.147. The summed E-state index contributed by atoms with van der Waals surface area (Å²) in [6.45, 7) is 2.66. The van der Waals surface area contributed by atoms with E-state index >= 15 is 0 Å². The number of hydrogen-bond acceptors (Lipinski definition) is 5. The maximum Gasteiger partial charge on any atom is 0.326 e. The Morgan fingerprint density at radius 3 is 1.77 bits per heavy atom. The summed E-state index contributed by atoms with van der Waals surface area (Å²) in [5, 5.41) is 27.4. The van der Waals surface area contributed by atoms with Crippen LogP contribution < -0.4 is 11.1 Å². The zero-order chi connectivity index (χ0) is 20.2. The Labute approximate surface area is 156 Å². The van der Waals surface area contributed by atoms with Crippen LogP contribution in [0.4, 0.5) is 0 Å². The second-order valence-electron chi connectivity index (χ2n) is 6.15. The maximum atomic E-state index is 11.6. The van der Waals surface area contributed by atoms with Crippen LogP contribution in [0.5, 0.6) is 0 Å². The molecule has 0 spiro atoms. The number of amides is 1.